The molecule has 1 aromatic rings. The second-order valence-electron chi connectivity index (χ2n) is 6.50. The Morgan fingerprint density at radius 1 is 1.32 bits per heavy atom. The fourth-order valence-corrected chi connectivity index (χ4v) is 3.18. The summed E-state index contributed by atoms with van der Waals surface area (Å²) >= 11 is 0. The van der Waals surface area contributed by atoms with Gasteiger partial charge in [-0.3, -0.25) is 9.59 Å². The van der Waals surface area contributed by atoms with Crippen LogP contribution in [0, 0.1) is 17.2 Å². The van der Waals surface area contributed by atoms with Crippen LogP contribution in [0.5, 0.6) is 5.75 Å². The normalized spacial score (nSPS) is 14.9. The Morgan fingerprint density at radius 2 is 2.04 bits per heavy atom. The van der Waals surface area contributed by atoms with E-state index in [-0.39, 0.29) is 23.4 Å². The van der Waals surface area contributed by atoms with Crippen LogP contribution in [0.3, 0.4) is 0 Å². The van der Waals surface area contributed by atoms with Crippen molar-refractivity contribution < 1.29 is 19.1 Å². The topological polar surface area (TPSA) is 91.7 Å². The first-order valence-corrected chi connectivity index (χ1v) is 9.52. The van der Waals surface area contributed by atoms with Crippen LogP contribution >= 0.6 is 0 Å². The standard InChI is InChI=1S/C21H27N3O4/c1-3-28-21(26)17-9-12-24(13-10-17)20(25)18(14-22)15-23-11-8-16-6-4-5-7-19(16)27-2/h4-7,15,17,23H,3,8-13H2,1-2H3/b18-15-. The molecule has 0 spiro atoms. The number of nitrogens with zero attached hydrogens (tertiary/aromatic N) is 2. The highest BCUT2D eigenvalue weighted by Crippen LogP contribution is 2.20. The van der Waals surface area contributed by atoms with Gasteiger partial charge in [0.05, 0.1) is 19.6 Å². The molecule has 7 nitrogen and oxygen atoms in total. The number of methoxy groups -OCH3 is 1. The number of likely N-dealkylation sites (tertiary alicyclic amines) is 1. The quantitative estimate of drug-likeness (QED) is 0.319. The lowest BCUT2D eigenvalue weighted by molar-refractivity contribution is -0.150. The van der Waals surface area contributed by atoms with Gasteiger partial charge in [-0.25, -0.2) is 0 Å². The van der Waals surface area contributed by atoms with Gasteiger partial charge in [-0.2, -0.15) is 5.26 Å². The average molecular weight is 385 g/mol. The maximum absolute atomic E-state index is 12.6. The lowest BCUT2D eigenvalue weighted by Crippen LogP contribution is -2.41. The minimum Gasteiger partial charge on any atom is -0.496 e. The van der Waals surface area contributed by atoms with Gasteiger partial charge in [-0.1, -0.05) is 18.2 Å². The molecule has 1 aliphatic heterocycles. The zero-order valence-corrected chi connectivity index (χ0v) is 16.4. The predicted molar refractivity (Wildman–Crippen MR) is 104 cm³/mol. The summed E-state index contributed by atoms with van der Waals surface area (Å²) in [5, 5.41) is 12.4. The molecule has 1 heterocycles. The Balaban J connectivity index is 1.84. The van der Waals surface area contributed by atoms with Crippen molar-refractivity contribution in [2.75, 3.05) is 33.4 Å². The van der Waals surface area contributed by atoms with Crippen LogP contribution < -0.4 is 10.1 Å². The van der Waals surface area contributed by atoms with E-state index in [0.717, 1.165) is 11.3 Å². The summed E-state index contributed by atoms with van der Waals surface area (Å²) in [5.74, 6) is 0.130. The number of esters is 1. The summed E-state index contributed by atoms with van der Waals surface area (Å²) < 4.78 is 10.4. The van der Waals surface area contributed by atoms with E-state index >= 15 is 0 Å². The molecule has 0 unspecified atom stereocenters. The number of rotatable bonds is 8. The third-order valence-corrected chi connectivity index (χ3v) is 4.73. The van der Waals surface area contributed by atoms with Crippen molar-refractivity contribution in [3.63, 3.8) is 0 Å². The zero-order chi connectivity index (χ0) is 20.4. The van der Waals surface area contributed by atoms with Crippen molar-refractivity contribution in [3.05, 3.63) is 41.6 Å². The second kappa shape index (κ2) is 11.0. The molecular formula is C21H27N3O4. The SMILES string of the molecule is CCOC(=O)C1CCN(C(=O)/C(C#N)=C\NCCc2ccccc2OC)CC1. The number of carbonyl (C=O) groups is 2. The Kier molecular flexibility index (Phi) is 8.35. The molecule has 0 saturated carbocycles. The maximum Gasteiger partial charge on any atom is 0.309 e. The predicted octanol–water partition coefficient (Wildman–Crippen LogP) is 2.04. The number of piperidine rings is 1. The molecule has 28 heavy (non-hydrogen) atoms. The van der Waals surface area contributed by atoms with E-state index in [0.29, 0.717) is 45.5 Å². The summed E-state index contributed by atoms with van der Waals surface area (Å²) in [5.41, 5.74) is 1.12. The lowest BCUT2D eigenvalue weighted by Gasteiger charge is -2.30. The Bertz CT molecular complexity index is 746. The molecule has 1 aliphatic rings. The highest BCUT2D eigenvalue weighted by molar-refractivity contribution is 5.97. The van der Waals surface area contributed by atoms with Gasteiger partial charge in [0, 0.05) is 25.8 Å². The number of amides is 1. The molecule has 1 aromatic carbocycles. The van der Waals surface area contributed by atoms with Crippen LogP contribution in [0.4, 0.5) is 0 Å². The summed E-state index contributed by atoms with van der Waals surface area (Å²) in [7, 11) is 1.63. The van der Waals surface area contributed by atoms with Crippen molar-refractivity contribution in [3.8, 4) is 11.8 Å². The fraction of sp³-hybridized carbons (Fsp3) is 0.476. The van der Waals surface area contributed by atoms with Crippen LogP contribution in [-0.2, 0) is 20.7 Å². The zero-order valence-electron chi connectivity index (χ0n) is 16.4. The van der Waals surface area contributed by atoms with Crippen LogP contribution in [0.15, 0.2) is 36.0 Å². The Hall–Kier alpha value is -3.01. The first-order chi connectivity index (χ1) is 13.6. The molecule has 2 rings (SSSR count). The molecule has 0 aliphatic carbocycles. The van der Waals surface area contributed by atoms with E-state index in [1.807, 2.05) is 30.3 Å². The van der Waals surface area contributed by atoms with Crippen LogP contribution in [0.25, 0.3) is 0 Å². The minimum atomic E-state index is -0.311. The first-order valence-electron chi connectivity index (χ1n) is 9.52. The molecule has 0 aromatic heterocycles. The third-order valence-electron chi connectivity index (χ3n) is 4.73. The van der Waals surface area contributed by atoms with Gasteiger partial charge in [0.25, 0.3) is 5.91 Å². The highest BCUT2D eigenvalue weighted by Gasteiger charge is 2.29. The molecule has 150 valence electrons. The summed E-state index contributed by atoms with van der Waals surface area (Å²) in [6.45, 7) is 3.61. The maximum atomic E-state index is 12.6. The molecule has 1 N–H and O–H groups in total. The van der Waals surface area contributed by atoms with Crippen molar-refractivity contribution >= 4 is 11.9 Å². The first kappa shape index (κ1) is 21.3. The Labute approximate surface area is 165 Å². The largest absolute Gasteiger partial charge is 0.496 e. The molecular weight excluding hydrogens is 358 g/mol. The molecule has 1 fully saturated rings. The van der Waals surface area contributed by atoms with E-state index in [9.17, 15) is 14.9 Å². The Morgan fingerprint density at radius 3 is 2.68 bits per heavy atom. The molecule has 0 bridgehead atoms. The monoisotopic (exact) mass is 385 g/mol. The lowest BCUT2D eigenvalue weighted by atomic mass is 9.96. The van der Waals surface area contributed by atoms with Crippen LogP contribution in [0.2, 0.25) is 0 Å². The third kappa shape index (κ3) is 5.74. The number of ether oxygens (including phenoxy) is 2. The molecule has 7 heteroatoms. The van der Waals surface area contributed by atoms with Crippen LogP contribution in [-0.4, -0.2) is 50.1 Å². The average Bonchev–Trinajstić information content (AvgIpc) is 2.74. The van der Waals surface area contributed by atoms with E-state index < -0.39 is 0 Å². The van der Waals surface area contributed by atoms with Gasteiger partial charge in [0.2, 0.25) is 0 Å². The number of para-hydroxylation sites is 1. The van der Waals surface area contributed by atoms with Crippen molar-refractivity contribution in [2.45, 2.75) is 26.2 Å². The van der Waals surface area contributed by atoms with Gasteiger partial charge in [-0.15, -0.1) is 0 Å². The van der Waals surface area contributed by atoms with E-state index in [2.05, 4.69) is 5.32 Å². The minimum absolute atomic E-state index is 0.0645. The molecule has 0 radical (unpaired) electrons. The van der Waals surface area contributed by atoms with Gasteiger partial charge >= 0.3 is 5.97 Å². The smallest absolute Gasteiger partial charge is 0.309 e. The van der Waals surface area contributed by atoms with E-state index in [1.54, 1.807) is 18.9 Å². The van der Waals surface area contributed by atoms with Crippen molar-refractivity contribution in [1.82, 2.24) is 10.2 Å². The van der Waals surface area contributed by atoms with Crippen molar-refractivity contribution in [2.24, 2.45) is 5.92 Å². The highest BCUT2D eigenvalue weighted by atomic mass is 16.5. The number of nitrogens with one attached hydrogen (secondary N) is 1. The van der Waals surface area contributed by atoms with Crippen LogP contribution in [0.1, 0.15) is 25.3 Å². The van der Waals surface area contributed by atoms with Gasteiger partial charge in [0.15, 0.2) is 0 Å². The fourth-order valence-electron chi connectivity index (χ4n) is 3.18. The van der Waals surface area contributed by atoms with Gasteiger partial charge in [0.1, 0.15) is 17.4 Å². The molecule has 0 atom stereocenters. The number of carbonyl (C=O) groups excluding carboxylic acids is 2. The molecule has 1 saturated heterocycles. The summed E-state index contributed by atoms with van der Waals surface area (Å²) in [6.07, 6.45) is 3.29. The number of benzene rings is 1. The van der Waals surface area contributed by atoms with E-state index in [1.165, 1.54) is 6.20 Å². The number of hydrogen-bond donors (Lipinski definition) is 1. The van der Waals surface area contributed by atoms with Crippen molar-refractivity contribution in [1.29, 1.82) is 5.26 Å². The number of nitriles is 1. The summed E-state index contributed by atoms with van der Waals surface area (Å²) in [4.78, 5) is 26.0. The van der Waals surface area contributed by atoms with Gasteiger partial charge in [-0.05, 0) is 37.8 Å². The molecule has 1 amide bonds. The summed E-state index contributed by atoms with van der Waals surface area (Å²) in [6, 6.07) is 9.70. The number of hydrogen-bond acceptors (Lipinski definition) is 6. The van der Waals surface area contributed by atoms with E-state index in [4.69, 9.17) is 9.47 Å². The second-order valence-corrected chi connectivity index (χ2v) is 6.50. The van der Waals surface area contributed by atoms with Gasteiger partial charge < -0.3 is 19.7 Å².